The Morgan fingerprint density at radius 3 is 3.00 bits per heavy atom. The monoisotopic (exact) mass is 210 g/mol. The van der Waals surface area contributed by atoms with Crippen LogP contribution >= 0.6 is 0 Å². The second-order valence-corrected chi connectivity index (χ2v) is 3.47. The normalized spacial score (nSPS) is 10.5. The van der Waals surface area contributed by atoms with Crippen LogP contribution in [0.3, 0.4) is 0 Å². The largest absolute Gasteiger partial charge is 0.331 e. The Kier molecular flexibility index (Phi) is 2.04. The van der Waals surface area contributed by atoms with E-state index in [1.54, 1.807) is 18.6 Å². The SMILES string of the molecule is c1cc(Nc2ncc[nH]2)c2cnccc2c1. The van der Waals surface area contributed by atoms with Crippen molar-refractivity contribution >= 4 is 22.4 Å². The molecule has 4 heteroatoms. The number of aromatic nitrogens is 3. The van der Waals surface area contributed by atoms with E-state index in [2.05, 4.69) is 26.3 Å². The van der Waals surface area contributed by atoms with Crippen molar-refractivity contribution in [3.63, 3.8) is 0 Å². The Morgan fingerprint density at radius 1 is 1.12 bits per heavy atom. The first kappa shape index (κ1) is 8.91. The van der Waals surface area contributed by atoms with Gasteiger partial charge < -0.3 is 10.3 Å². The topological polar surface area (TPSA) is 53.6 Å². The Balaban J connectivity index is 2.10. The molecule has 0 saturated heterocycles. The van der Waals surface area contributed by atoms with Crippen LogP contribution < -0.4 is 5.32 Å². The van der Waals surface area contributed by atoms with Gasteiger partial charge in [0.25, 0.3) is 0 Å². The molecule has 0 bridgehead atoms. The van der Waals surface area contributed by atoms with Crippen molar-refractivity contribution in [2.75, 3.05) is 5.32 Å². The number of hydrogen-bond acceptors (Lipinski definition) is 3. The number of H-pyrrole nitrogens is 1. The van der Waals surface area contributed by atoms with Crippen LogP contribution in [0.25, 0.3) is 10.8 Å². The number of benzene rings is 1. The number of nitrogens with zero attached hydrogens (tertiary/aromatic N) is 2. The molecule has 0 amide bonds. The van der Waals surface area contributed by atoms with Gasteiger partial charge in [-0.05, 0) is 17.5 Å². The van der Waals surface area contributed by atoms with Crippen LogP contribution in [0, 0.1) is 0 Å². The van der Waals surface area contributed by atoms with Crippen LogP contribution in [-0.4, -0.2) is 15.0 Å². The number of pyridine rings is 1. The van der Waals surface area contributed by atoms with Crippen LogP contribution in [0.5, 0.6) is 0 Å². The Labute approximate surface area is 92.4 Å². The standard InChI is InChI=1S/C12H10N4/c1-2-9-4-5-13-8-10(9)11(3-1)16-12-14-6-7-15-12/h1-8H,(H2,14,15,16). The number of aromatic amines is 1. The third-order valence-corrected chi connectivity index (χ3v) is 2.43. The molecule has 0 unspecified atom stereocenters. The fourth-order valence-electron chi connectivity index (χ4n) is 1.68. The van der Waals surface area contributed by atoms with E-state index in [4.69, 9.17) is 0 Å². The summed E-state index contributed by atoms with van der Waals surface area (Å²) >= 11 is 0. The molecule has 3 rings (SSSR count). The molecule has 0 saturated carbocycles. The first-order chi connectivity index (χ1) is 7.93. The van der Waals surface area contributed by atoms with Crippen LogP contribution in [0.1, 0.15) is 0 Å². The molecule has 2 heterocycles. The second-order valence-electron chi connectivity index (χ2n) is 3.47. The molecular formula is C12H10N4. The summed E-state index contributed by atoms with van der Waals surface area (Å²) in [6, 6.07) is 8.06. The van der Waals surface area contributed by atoms with Crippen molar-refractivity contribution in [1.29, 1.82) is 0 Å². The highest BCUT2D eigenvalue weighted by molar-refractivity contribution is 5.94. The summed E-state index contributed by atoms with van der Waals surface area (Å²) in [5.41, 5.74) is 1.00. The highest BCUT2D eigenvalue weighted by Crippen LogP contribution is 2.23. The summed E-state index contributed by atoms with van der Waals surface area (Å²) in [7, 11) is 0. The van der Waals surface area contributed by atoms with Gasteiger partial charge in [-0.3, -0.25) is 4.98 Å². The number of hydrogen-bond donors (Lipinski definition) is 2. The summed E-state index contributed by atoms with van der Waals surface area (Å²) < 4.78 is 0. The van der Waals surface area contributed by atoms with Gasteiger partial charge in [0.1, 0.15) is 0 Å². The van der Waals surface area contributed by atoms with Gasteiger partial charge in [-0.1, -0.05) is 12.1 Å². The molecule has 0 aliphatic rings. The average Bonchev–Trinajstić information content (AvgIpc) is 2.82. The van der Waals surface area contributed by atoms with E-state index in [0.29, 0.717) is 0 Å². The third-order valence-electron chi connectivity index (χ3n) is 2.43. The summed E-state index contributed by atoms with van der Waals surface area (Å²) in [5, 5.41) is 5.46. The van der Waals surface area contributed by atoms with Crippen molar-refractivity contribution < 1.29 is 0 Å². The maximum absolute atomic E-state index is 4.13. The van der Waals surface area contributed by atoms with Gasteiger partial charge >= 0.3 is 0 Å². The van der Waals surface area contributed by atoms with E-state index >= 15 is 0 Å². The molecule has 0 atom stereocenters. The average molecular weight is 210 g/mol. The lowest BCUT2D eigenvalue weighted by Crippen LogP contribution is -1.93. The summed E-state index contributed by atoms with van der Waals surface area (Å²) in [4.78, 5) is 11.3. The molecule has 0 fully saturated rings. The summed E-state index contributed by atoms with van der Waals surface area (Å²) in [5.74, 6) is 0.733. The molecule has 1 aromatic carbocycles. The minimum absolute atomic E-state index is 0.733. The van der Waals surface area contributed by atoms with Gasteiger partial charge in [-0.25, -0.2) is 4.98 Å². The number of nitrogens with one attached hydrogen (secondary N) is 2. The Hall–Kier alpha value is -2.36. The highest BCUT2D eigenvalue weighted by atomic mass is 15.1. The van der Waals surface area contributed by atoms with Crippen molar-refractivity contribution in [3.05, 3.63) is 49.1 Å². The molecule has 16 heavy (non-hydrogen) atoms. The molecule has 0 spiro atoms. The van der Waals surface area contributed by atoms with E-state index in [-0.39, 0.29) is 0 Å². The van der Waals surface area contributed by atoms with Crippen LogP contribution in [0.15, 0.2) is 49.1 Å². The van der Waals surface area contributed by atoms with Gasteiger partial charge in [0, 0.05) is 30.2 Å². The van der Waals surface area contributed by atoms with Crippen molar-refractivity contribution in [2.45, 2.75) is 0 Å². The molecule has 0 aliphatic carbocycles. The van der Waals surface area contributed by atoms with Crippen LogP contribution in [-0.2, 0) is 0 Å². The van der Waals surface area contributed by atoms with Gasteiger partial charge in [-0.15, -0.1) is 0 Å². The van der Waals surface area contributed by atoms with Crippen molar-refractivity contribution in [2.24, 2.45) is 0 Å². The van der Waals surface area contributed by atoms with Gasteiger partial charge in [-0.2, -0.15) is 0 Å². The van der Waals surface area contributed by atoms with Crippen molar-refractivity contribution in [1.82, 2.24) is 15.0 Å². The van der Waals surface area contributed by atoms with Crippen molar-refractivity contribution in [3.8, 4) is 0 Å². The lowest BCUT2D eigenvalue weighted by molar-refractivity contribution is 1.29. The molecule has 2 N–H and O–H groups in total. The van der Waals surface area contributed by atoms with Gasteiger partial charge in [0.15, 0.2) is 0 Å². The fourth-order valence-corrected chi connectivity index (χ4v) is 1.68. The molecule has 0 radical (unpaired) electrons. The maximum atomic E-state index is 4.13. The number of anilines is 2. The minimum Gasteiger partial charge on any atom is -0.331 e. The zero-order valence-corrected chi connectivity index (χ0v) is 8.51. The maximum Gasteiger partial charge on any atom is 0.204 e. The lowest BCUT2D eigenvalue weighted by atomic mass is 10.1. The molecule has 3 aromatic rings. The highest BCUT2D eigenvalue weighted by Gasteiger charge is 2.01. The fraction of sp³-hybridized carbons (Fsp3) is 0. The van der Waals surface area contributed by atoms with Crippen LogP contribution in [0.2, 0.25) is 0 Å². The first-order valence-electron chi connectivity index (χ1n) is 5.02. The lowest BCUT2D eigenvalue weighted by Gasteiger charge is -2.06. The first-order valence-corrected chi connectivity index (χ1v) is 5.02. The summed E-state index contributed by atoms with van der Waals surface area (Å²) in [6.45, 7) is 0. The van der Waals surface area contributed by atoms with Gasteiger partial charge in [0.05, 0.1) is 5.69 Å². The van der Waals surface area contributed by atoms with Crippen LogP contribution in [0.4, 0.5) is 11.6 Å². The van der Waals surface area contributed by atoms with E-state index in [1.807, 2.05) is 24.4 Å². The number of rotatable bonds is 2. The Morgan fingerprint density at radius 2 is 2.12 bits per heavy atom. The number of imidazole rings is 1. The molecule has 78 valence electrons. The van der Waals surface area contributed by atoms with E-state index in [0.717, 1.165) is 22.4 Å². The molecule has 0 aliphatic heterocycles. The zero-order valence-electron chi connectivity index (χ0n) is 8.51. The quantitative estimate of drug-likeness (QED) is 0.683. The smallest absolute Gasteiger partial charge is 0.204 e. The third kappa shape index (κ3) is 1.50. The molecule has 4 nitrogen and oxygen atoms in total. The second kappa shape index (κ2) is 3.66. The minimum atomic E-state index is 0.733. The number of fused-ring (bicyclic) bond motifs is 1. The molecule has 2 aromatic heterocycles. The Bertz CT molecular complexity index is 596. The van der Waals surface area contributed by atoms with E-state index < -0.39 is 0 Å². The zero-order chi connectivity index (χ0) is 10.8. The predicted molar refractivity (Wildman–Crippen MR) is 63.6 cm³/mol. The molecular weight excluding hydrogens is 200 g/mol. The van der Waals surface area contributed by atoms with Gasteiger partial charge in [0.2, 0.25) is 5.95 Å². The van der Waals surface area contributed by atoms with E-state index in [9.17, 15) is 0 Å². The summed E-state index contributed by atoms with van der Waals surface area (Å²) in [6.07, 6.45) is 7.14. The predicted octanol–water partition coefficient (Wildman–Crippen LogP) is 2.70. The van der Waals surface area contributed by atoms with E-state index in [1.165, 1.54) is 0 Å².